The van der Waals surface area contributed by atoms with Gasteiger partial charge in [0.25, 0.3) is 0 Å². The van der Waals surface area contributed by atoms with Crippen LogP contribution in [0.3, 0.4) is 0 Å². The molecule has 0 aliphatic carbocycles. The van der Waals surface area contributed by atoms with Crippen molar-refractivity contribution in [2.75, 3.05) is 26.2 Å². The molecule has 1 aliphatic rings. The van der Waals surface area contributed by atoms with Crippen LogP contribution in [0.4, 0.5) is 4.79 Å². The van der Waals surface area contributed by atoms with Crippen LogP contribution in [0.15, 0.2) is 30.3 Å². The van der Waals surface area contributed by atoms with Gasteiger partial charge in [0.15, 0.2) is 0 Å². The first-order chi connectivity index (χ1) is 11.2. The highest BCUT2D eigenvalue weighted by Crippen LogP contribution is 2.16. The number of rotatable bonds is 7. The number of amides is 1. The van der Waals surface area contributed by atoms with Gasteiger partial charge in [-0.2, -0.15) is 0 Å². The molecule has 1 fully saturated rings. The molecule has 0 spiro atoms. The lowest BCUT2D eigenvalue weighted by Gasteiger charge is -2.32. The third-order valence-electron chi connectivity index (χ3n) is 4.10. The van der Waals surface area contributed by atoms with E-state index < -0.39 is 12.1 Å². The fourth-order valence-corrected chi connectivity index (χ4v) is 2.67. The van der Waals surface area contributed by atoms with E-state index in [1.54, 1.807) is 0 Å². The number of carbonyl (C=O) groups excluding carboxylic acids is 2. The lowest BCUT2D eigenvalue weighted by molar-refractivity contribution is -0.110. The molecule has 1 atom stereocenters. The van der Waals surface area contributed by atoms with Gasteiger partial charge in [-0.05, 0) is 37.4 Å². The molecule has 0 radical (unpaired) electrons. The van der Waals surface area contributed by atoms with E-state index in [1.165, 1.54) is 0 Å². The lowest BCUT2D eigenvalue weighted by atomic mass is 9.97. The van der Waals surface area contributed by atoms with E-state index in [9.17, 15) is 9.59 Å². The Morgan fingerprint density at radius 3 is 2.65 bits per heavy atom. The van der Waals surface area contributed by atoms with E-state index in [0.717, 1.165) is 37.8 Å². The van der Waals surface area contributed by atoms with Gasteiger partial charge in [-0.15, -0.1) is 0 Å². The summed E-state index contributed by atoms with van der Waals surface area (Å²) < 4.78 is 5.12. The van der Waals surface area contributed by atoms with Crippen LogP contribution in [-0.4, -0.2) is 54.7 Å². The fraction of sp³-hybridized carbons (Fsp3) is 0.529. The quantitative estimate of drug-likeness (QED) is 0.738. The number of alkyl carbamates (subject to hydrolysis) is 1. The highest BCUT2D eigenvalue weighted by molar-refractivity contribution is 5.73. The summed E-state index contributed by atoms with van der Waals surface area (Å²) in [5, 5.41) is 11.7. The molecule has 6 nitrogen and oxygen atoms in total. The third-order valence-corrected chi connectivity index (χ3v) is 4.10. The normalized spacial score (nSPS) is 17.4. The predicted octanol–water partition coefficient (Wildman–Crippen LogP) is 1.18. The predicted molar refractivity (Wildman–Crippen MR) is 85.9 cm³/mol. The molecule has 0 aromatic heterocycles. The number of carbonyl (C=O) groups is 2. The second-order valence-electron chi connectivity index (χ2n) is 5.88. The van der Waals surface area contributed by atoms with Crippen molar-refractivity contribution in [3.8, 4) is 0 Å². The number of aldehydes is 1. The number of aliphatic hydroxyl groups excluding tert-OH is 1. The molecule has 23 heavy (non-hydrogen) atoms. The Hall–Kier alpha value is -1.92. The summed E-state index contributed by atoms with van der Waals surface area (Å²) in [6.07, 6.45) is 1.99. The summed E-state index contributed by atoms with van der Waals surface area (Å²) in [5.41, 5.74) is 0.899. The van der Waals surface area contributed by atoms with Gasteiger partial charge >= 0.3 is 6.09 Å². The van der Waals surface area contributed by atoms with Crippen molar-refractivity contribution < 1.29 is 19.4 Å². The molecular weight excluding hydrogens is 296 g/mol. The van der Waals surface area contributed by atoms with Crippen LogP contribution in [0.1, 0.15) is 18.4 Å². The first-order valence-corrected chi connectivity index (χ1v) is 7.97. The molecule has 1 unspecified atom stereocenters. The maximum atomic E-state index is 11.8. The Labute approximate surface area is 136 Å². The van der Waals surface area contributed by atoms with E-state index in [1.807, 2.05) is 30.3 Å². The zero-order valence-corrected chi connectivity index (χ0v) is 13.2. The number of piperidine rings is 1. The van der Waals surface area contributed by atoms with E-state index in [2.05, 4.69) is 10.2 Å². The van der Waals surface area contributed by atoms with Gasteiger partial charge in [0.1, 0.15) is 18.9 Å². The van der Waals surface area contributed by atoms with Crippen LogP contribution in [0, 0.1) is 5.92 Å². The first-order valence-electron chi connectivity index (χ1n) is 7.97. The van der Waals surface area contributed by atoms with Gasteiger partial charge < -0.3 is 24.9 Å². The van der Waals surface area contributed by atoms with Crippen molar-refractivity contribution in [3.63, 3.8) is 0 Å². The number of hydrogen-bond donors (Lipinski definition) is 2. The highest BCUT2D eigenvalue weighted by atomic mass is 16.5. The second kappa shape index (κ2) is 9.27. The Morgan fingerprint density at radius 2 is 2.04 bits per heavy atom. The average molecular weight is 320 g/mol. The van der Waals surface area contributed by atoms with Gasteiger partial charge in [0, 0.05) is 13.2 Å². The van der Waals surface area contributed by atoms with E-state index in [4.69, 9.17) is 9.84 Å². The number of likely N-dealkylation sites (tertiary alicyclic amines) is 1. The molecule has 2 N–H and O–H groups in total. The number of nitrogens with one attached hydrogen (secondary N) is 1. The minimum atomic E-state index is -0.587. The van der Waals surface area contributed by atoms with Gasteiger partial charge in [-0.25, -0.2) is 4.79 Å². The summed E-state index contributed by atoms with van der Waals surface area (Å²) in [6.45, 7) is 2.53. The van der Waals surface area contributed by atoms with Crippen molar-refractivity contribution >= 4 is 12.4 Å². The average Bonchev–Trinajstić information content (AvgIpc) is 2.61. The maximum Gasteiger partial charge on any atom is 0.408 e. The zero-order chi connectivity index (χ0) is 16.5. The van der Waals surface area contributed by atoms with Gasteiger partial charge in [-0.3, -0.25) is 0 Å². The molecule has 1 saturated heterocycles. The molecule has 2 rings (SSSR count). The smallest absolute Gasteiger partial charge is 0.408 e. The minimum absolute atomic E-state index is 0.181. The molecule has 1 heterocycles. The topological polar surface area (TPSA) is 78.9 Å². The van der Waals surface area contributed by atoms with Crippen molar-refractivity contribution in [1.82, 2.24) is 10.2 Å². The number of ether oxygens (including phenoxy) is 1. The van der Waals surface area contributed by atoms with Gasteiger partial charge in [0.05, 0.1) is 0 Å². The molecule has 1 aromatic rings. The number of benzene rings is 1. The SMILES string of the molecule is O=CC(CN1CCC(CO)CC1)NC(=O)OCc1ccccc1. The van der Waals surface area contributed by atoms with Crippen LogP contribution in [0.2, 0.25) is 0 Å². The summed E-state index contributed by atoms with van der Waals surface area (Å²) in [5.74, 6) is 0.352. The van der Waals surface area contributed by atoms with Crippen LogP contribution in [-0.2, 0) is 16.1 Å². The van der Waals surface area contributed by atoms with Gasteiger partial charge in [-0.1, -0.05) is 30.3 Å². The summed E-state index contributed by atoms with van der Waals surface area (Å²) in [6, 6.07) is 8.81. The fourth-order valence-electron chi connectivity index (χ4n) is 2.67. The minimum Gasteiger partial charge on any atom is -0.445 e. The standard InChI is InChI=1S/C17H24N2O4/c20-11-14-6-8-19(9-7-14)10-16(12-21)18-17(22)23-13-15-4-2-1-3-5-15/h1-5,12,14,16,20H,6-11,13H2,(H,18,22). The van der Waals surface area contributed by atoms with Crippen LogP contribution in [0.25, 0.3) is 0 Å². The Kier molecular flexibility index (Phi) is 7.03. The molecular formula is C17H24N2O4. The molecule has 0 saturated carbocycles. The highest BCUT2D eigenvalue weighted by Gasteiger charge is 2.22. The summed E-state index contributed by atoms with van der Waals surface area (Å²) in [7, 11) is 0. The number of hydrogen-bond acceptors (Lipinski definition) is 5. The molecule has 126 valence electrons. The van der Waals surface area contributed by atoms with E-state index >= 15 is 0 Å². The summed E-state index contributed by atoms with van der Waals surface area (Å²) >= 11 is 0. The zero-order valence-electron chi connectivity index (χ0n) is 13.2. The largest absolute Gasteiger partial charge is 0.445 e. The van der Waals surface area contributed by atoms with Gasteiger partial charge in [0.2, 0.25) is 0 Å². The molecule has 1 aromatic carbocycles. The van der Waals surface area contributed by atoms with Crippen LogP contribution >= 0.6 is 0 Å². The van der Waals surface area contributed by atoms with Crippen molar-refractivity contribution in [2.45, 2.75) is 25.5 Å². The van der Waals surface area contributed by atoms with E-state index in [-0.39, 0.29) is 13.2 Å². The Morgan fingerprint density at radius 1 is 1.35 bits per heavy atom. The maximum absolute atomic E-state index is 11.8. The molecule has 1 aliphatic heterocycles. The monoisotopic (exact) mass is 320 g/mol. The Bertz CT molecular complexity index is 487. The van der Waals surface area contributed by atoms with Crippen LogP contribution < -0.4 is 5.32 Å². The van der Waals surface area contributed by atoms with Crippen molar-refractivity contribution in [1.29, 1.82) is 0 Å². The van der Waals surface area contributed by atoms with E-state index in [0.29, 0.717) is 12.5 Å². The molecule has 6 heteroatoms. The third kappa shape index (κ3) is 6.00. The lowest BCUT2D eigenvalue weighted by Crippen LogP contribution is -2.47. The van der Waals surface area contributed by atoms with Crippen molar-refractivity contribution in [2.24, 2.45) is 5.92 Å². The Balaban J connectivity index is 1.71. The number of nitrogens with zero attached hydrogens (tertiary/aromatic N) is 1. The molecule has 1 amide bonds. The first kappa shape index (κ1) is 17.4. The van der Waals surface area contributed by atoms with Crippen molar-refractivity contribution in [3.05, 3.63) is 35.9 Å². The second-order valence-corrected chi connectivity index (χ2v) is 5.88. The number of aliphatic hydroxyl groups is 1. The van der Waals surface area contributed by atoms with Crippen LogP contribution in [0.5, 0.6) is 0 Å². The molecule has 0 bridgehead atoms. The summed E-state index contributed by atoms with van der Waals surface area (Å²) in [4.78, 5) is 25.1.